The summed E-state index contributed by atoms with van der Waals surface area (Å²) >= 11 is 1.75. The number of aromatic nitrogens is 1. The molecule has 0 aliphatic carbocycles. The Morgan fingerprint density at radius 1 is 1.18 bits per heavy atom. The summed E-state index contributed by atoms with van der Waals surface area (Å²) in [5.74, 6) is 0. The third-order valence-corrected chi connectivity index (χ3v) is 3.34. The van der Waals surface area contributed by atoms with Gasteiger partial charge in [-0.1, -0.05) is 18.2 Å². The van der Waals surface area contributed by atoms with Gasteiger partial charge in [0.1, 0.15) is 0 Å². The second-order valence-corrected chi connectivity index (χ2v) is 4.73. The molecule has 2 nitrogen and oxygen atoms in total. The molecule has 17 heavy (non-hydrogen) atoms. The maximum absolute atomic E-state index is 4.38. The van der Waals surface area contributed by atoms with E-state index in [1.807, 2.05) is 19.2 Å². The lowest BCUT2D eigenvalue weighted by molar-refractivity contribution is 1.03. The molecule has 2 aromatic rings. The van der Waals surface area contributed by atoms with Gasteiger partial charge in [-0.05, 0) is 36.9 Å². The van der Waals surface area contributed by atoms with Gasteiger partial charge in [0.25, 0.3) is 0 Å². The molecule has 1 heterocycles. The van der Waals surface area contributed by atoms with Crippen molar-refractivity contribution < 1.29 is 0 Å². The van der Waals surface area contributed by atoms with Gasteiger partial charge in [0.2, 0.25) is 0 Å². The van der Waals surface area contributed by atoms with E-state index in [1.54, 1.807) is 11.8 Å². The van der Waals surface area contributed by atoms with E-state index >= 15 is 0 Å². The van der Waals surface area contributed by atoms with Crippen molar-refractivity contribution in [3.05, 3.63) is 53.9 Å². The van der Waals surface area contributed by atoms with Crippen LogP contribution in [0.15, 0.2) is 47.5 Å². The molecular weight excluding hydrogens is 228 g/mol. The summed E-state index contributed by atoms with van der Waals surface area (Å²) in [6, 6.07) is 12.5. The molecule has 1 aromatic heterocycles. The number of pyridine rings is 1. The molecule has 0 fully saturated rings. The first-order valence-electron chi connectivity index (χ1n) is 5.58. The monoisotopic (exact) mass is 244 g/mol. The van der Waals surface area contributed by atoms with Gasteiger partial charge in [-0.3, -0.25) is 4.98 Å². The van der Waals surface area contributed by atoms with Crippen molar-refractivity contribution in [1.82, 2.24) is 4.98 Å². The molecule has 2 rings (SSSR count). The normalized spacial score (nSPS) is 10.2. The Bertz CT molecular complexity index is 480. The Kier molecular flexibility index (Phi) is 4.04. The van der Waals surface area contributed by atoms with Crippen LogP contribution in [0.5, 0.6) is 0 Å². The van der Waals surface area contributed by atoms with E-state index < -0.39 is 0 Å². The van der Waals surface area contributed by atoms with Crippen molar-refractivity contribution in [2.24, 2.45) is 0 Å². The Morgan fingerprint density at radius 2 is 2.00 bits per heavy atom. The number of rotatable bonds is 4. The van der Waals surface area contributed by atoms with Gasteiger partial charge in [0.05, 0.1) is 12.2 Å². The standard InChI is InChI=1S/C14H16N2S/c1-11-7-8-12(15-9-11)10-16-13-5-3-4-6-14(13)17-2/h3-9,16H,10H2,1-2H3. The highest BCUT2D eigenvalue weighted by Gasteiger charge is 2.00. The molecule has 0 unspecified atom stereocenters. The Balaban J connectivity index is 2.04. The van der Waals surface area contributed by atoms with Crippen LogP contribution in [0.2, 0.25) is 0 Å². The number of nitrogens with one attached hydrogen (secondary N) is 1. The van der Waals surface area contributed by atoms with Crippen LogP contribution in [-0.4, -0.2) is 11.2 Å². The summed E-state index contributed by atoms with van der Waals surface area (Å²) in [4.78, 5) is 5.64. The second kappa shape index (κ2) is 5.73. The lowest BCUT2D eigenvalue weighted by atomic mass is 10.2. The average molecular weight is 244 g/mol. The zero-order valence-corrected chi connectivity index (χ0v) is 10.9. The van der Waals surface area contributed by atoms with Gasteiger partial charge < -0.3 is 5.32 Å². The number of aryl methyl sites for hydroxylation is 1. The highest BCUT2D eigenvalue weighted by atomic mass is 32.2. The first-order valence-corrected chi connectivity index (χ1v) is 6.80. The lowest BCUT2D eigenvalue weighted by Crippen LogP contribution is -2.02. The number of benzene rings is 1. The number of hydrogen-bond acceptors (Lipinski definition) is 3. The lowest BCUT2D eigenvalue weighted by Gasteiger charge is -2.09. The van der Waals surface area contributed by atoms with Crippen LogP contribution < -0.4 is 5.32 Å². The minimum Gasteiger partial charge on any atom is -0.378 e. The van der Waals surface area contributed by atoms with Gasteiger partial charge in [0, 0.05) is 16.8 Å². The fourth-order valence-electron chi connectivity index (χ4n) is 1.58. The van der Waals surface area contributed by atoms with E-state index in [4.69, 9.17) is 0 Å². The quantitative estimate of drug-likeness (QED) is 0.830. The van der Waals surface area contributed by atoms with E-state index in [-0.39, 0.29) is 0 Å². The minimum absolute atomic E-state index is 0.762. The maximum Gasteiger partial charge on any atom is 0.0594 e. The van der Waals surface area contributed by atoms with Crippen molar-refractivity contribution in [3.63, 3.8) is 0 Å². The van der Waals surface area contributed by atoms with Gasteiger partial charge in [0.15, 0.2) is 0 Å². The third-order valence-electron chi connectivity index (χ3n) is 2.54. The predicted octanol–water partition coefficient (Wildman–Crippen LogP) is 3.72. The van der Waals surface area contributed by atoms with Gasteiger partial charge in [-0.2, -0.15) is 0 Å². The fourth-order valence-corrected chi connectivity index (χ4v) is 2.15. The average Bonchev–Trinajstić information content (AvgIpc) is 2.38. The molecule has 0 spiro atoms. The summed E-state index contributed by atoms with van der Waals surface area (Å²) < 4.78 is 0. The summed E-state index contributed by atoms with van der Waals surface area (Å²) in [5, 5.41) is 3.42. The molecule has 88 valence electrons. The molecule has 0 radical (unpaired) electrons. The van der Waals surface area contributed by atoms with E-state index in [2.05, 4.69) is 46.9 Å². The van der Waals surface area contributed by atoms with E-state index in [0.717, 1.165) is 12.2 Å². The molecule has 0 aliphatic heterocycles. The van der Waals surface area contributed by atoms with Gasteiger partial charge in [-0.15, -0.1) is 11.8 Å². The van der Waals surface area contributed by atoms with Crippen LogP contribution in [0.3, 0.4) is 0 Å². The van der Waals surface area contributed by atoms with E-state index in [0.29, 0.717) is 0 Å². The Labute approximate surface area is 106 Å². The van der Waals surface area contributed by atoms with Crippen molar-refractivity contribution in [2.75, 3.05) is 11.6 Å². The summed E-state index contributed by atoms with van der Waals surface area (Å²) in [5.41, 5.74) is 3.42. The Morgan fingerprint density at radius 3 is 2.71 bits per heavy atom. The fraction of sp³-hybridized carbons (Fsp3) is 0.214. The SMILES string of the molecule is CSc1ccccc1NCc1ccc(C)cn1. The molecule has 0 amide bonds. The number of nitrogens with zero attached hydrogens (tertiary/aromatic N) is 1. The van der Waals surface area contributed by atoms with Crippen LogP contribution in [0.1, 0.15) is 11.3 Å². The maximum atomic E-state index is 4.38. The summed E-state index contributed by atoms with van der Waals surface area (Å²) in [6.45, 7) is 2.81. The number of para-hydroxylation sites is 1. The molecule has 0 aliphatic rings. The highest BCUT2D eigenvalue weighted by molar-refractivity contribution is 7.98. The molecule has 1 N–H and O–H groups in total. The smallest absolute Gasteiger partial charge is 0.0594 e. The van der Waals surface area contributed by atoms with Crippen LogP contribution in [0, 0.1) is 6.92 Å². The summed E-state index contributed by atoms with van der Waals surface area (Å²) in [6.07, 6.45) is 3.99. The van der Waals surface area contributed by atoms with Crippen LogP contribution in [0.4, 0.5) is 5.69 Å². The van der Waals surface area contributed by atoms with Crippen LogP contribution in [-0.2, 0) is 6.54 Å². The van der Waals surface area contributed by atoms with Crippen molar-refractivity contribution in [2.45, 2.75) is 18.4 Å². The molecule has 0 bridgehead atoms. The van der Waals surface area contributed by atoms with Crippen molar-refractivity contribution in [1.29, 1.82) is 0 Å². The Hall–Kier alpha value is -1.48. The zero-order valence-electron chi connectivity index (χ0n) is 10.1. The highest BCUT2D eigenvalue weighted by Crippen LogP contribution is 2.24. The molecule has 0 saturated heterocycles. The second-order valence-electron chi connectivity index (χ2n) is 3.88. The van der Waals surface area contributed by atoms with Crippen molar-refractivity contribution in [3.8, 4) is 0 Å². The van der Waals surface area contributed by atoms with Gasteiger partial charge in [-0.25, -0.2) is 0 Å². The first kappa shape index (κ1) is 12.0. The van der Waals surface area contributed by atoms with Crippen LogP contribution in [0.25, 0.3) is 0 Å². The summed E-state index contributed by atoms with van der Waals surface area (Å²) in [7, 11) is 0. The van der Waals surface area contributed by atoms with Crippen molar-refractivity contribution >= 4 is 17.4 Å². The van der Waals surface area contributed by atoms with E-state index in [1.165, 1.54) is 16.1 Å². The minimum atomic E-state index is 0.762. The number of anilines is 1. The predicted molar refractivity (Wildman–Crippen MR) is 74.5 cm³/mol. The molecule has 3 heteroatoms. The molecular formula is C14H16N2S. The van der Waals surface area contributed by atoms with Gasteiger partial charge >= 0.3 is 0 Å². The third kappa shape index (κ3) is 3.24. The molecule has 0 saturated carbocycles. The number of hydrogen-bond donors (Lipinski definition) is 1. The molecule has 0 atom stereocenters. The topological polar surface area (TPSA) is 24.9 Å². The molecule has 1 aromatic carbocycles. The van der Waals surface area contributed by atoms with E-state index in [9.17, 15) is 0 Å². The first-order chi connectivity index (χ1) is 8.29. The van der Waals surface area contributed by atoms with Crippen LogP contribution >= 0.6 is 11.8 Å². The number of thioether (sulfide) groups is 1. The zero-order chi connectivity index (χ0) is 12.1. The largest absolute Gasteiger partial charge is 0.378 e.